The Morgan fingerprint density at radius 1 is 1.25 bits per heavy atom. The zero-order valence-electron chi connectivity index (χ0n) is 7.42. The van der Waals surface area contributed by atoms with Crippen molar-refractivity contribution in [3.63, 3.8) is 0 Å². The van der Waals surface area contributed by atoms with Crippen molar-refractivity contribution in [1.29, 1.82) is 0 Å². The van der Waals surface area contributed by atoms with Crippen molar-refractivity contribution < 1.29 is 0 Å². The first-order chi connectivity index (χ1) is 5.77. The topological polar surface area (TPSA) is 25.8 Å². The summed E-state index contributed by atoms with van der Waals surface area (Å²) in [7, 11) is 0. The van der Waals surface area contributed by atoms with E-state index in [9.17, 15) is 0 Å². The van der Waals surface area contributed by atoms with E-state index in [1.54, 1.807) is 0 Å². The quantitative estimate of drug-likeness (QED) is 0.609. The number of hydrogen-bond donors (Lipinski definition) is 0. The van der Waals surface area contributed by atoms with Crippen molar-refractivity contribution in [2.45, 2.75) is 26.0 Å². The molecule has 2 rings (SSSR count). The third kappa shape index (κ3) is 1.33. The molecule has 0 bridgehead atoms. The first kappa shape index (κ1) is 8.05. The third-order valence-corrected chi connectivity index (χ3v) is 3.13. The summed E-state index contributed by atoms with van der Waals surface area (Å²) in [5.74, 6) is 3.22. The molecule has 1 aromatic heterocycles. The number of aryl methyl sites for hydroxylation is 3. The lowest BCUT2D eigenvalue weighted by molar-refractivity contribution is 0.889. The monoisotopic (exact) mass is 180 g/mol. The van der Waals surface area contributed by atoms with Gasteiger partial charge in [-0.3, -0.25) is 0 Å². The van der Waals surface area contributed by atoms with E-state index in [0.717, 1.165) is 18.0 Å². The average Bonchev–Trinajstić information content (AvgIpc) is 2.04. The van der Waals surface area contributed by atoms with Crippen LogP contribution in [0.5, 0.6) is 0 Å². The van der Waals surface area contributed by atoms with Crippen LogP contribution in [-0.4, -0.2) is 15.7 Å². The second-order valence-corrected chi connectivity index (χ2v) is 4.19. The Morgan fingerprint density at radius 3 is 2.92 bits per heavy atom. The van der Waals surface area contributed by atoms with Gasteiger partial charge < -0.3 is 0 Å². The standard InChI is InChI=1S/C9H12N2S/c1-6-8-5-12-4-3-9(8)11-7(2)10-6/h3-5H2,1-2H3. The molecule has 0 N–H and O–H groups in total. The maximum absolute atomic E-state index is 4.45. The molecule has 1 aliphatic heterocycles. The van der Waals surface area contributed by atoms with E-state index in [0.29, 0.717) is 0 Å². The first-order valence-electron chi connectivity index (χ1n) is 4.18. The van der Waals surface area contributed by atoms with E-state index in [1.807, 2.05) is 18.7 Å². The van der Waals surface area contributed by atoms with Crippen molar-refractivity contribution in [2.75, 3.05) is 5.75 Å². The molecule has 2 nitrogen and oxygen atoms in total. The number of thioether (sulfide) groups is 1. The minimum atomic E-state index is 0.915. The van der Waals surface area contributed by atoms with E-state index < -0.39 is 0 Å². The lowest BCUT2D eigenvalue weighted by Gasteiger charge is -2.16. The molecule has 12 heavy (non-hydrogen) atoms. The number of rotatable bonds is 0. The fourth-order valence-electron chi connectivity index (χ4n) is 1.54. The SMILES string of the molecule is Cc1nc(C)c2c(n1)CCSC2. The van der Waals surface area contributed by atoms with Gasteiger partial charge in [-0.05, 0) is 26.0 Å². The summed E-state index contributed by atoms with van der Waals surface area (Å²) in [6.45, 7) is 4.05. The predicted molar refractivity (Wildman–Crippen MR) is 51.4 cm³/mol. The molecule has 0 unspecified atom stereocenters. The molecule has 0 atom stereocenters. The maximum atomic E-state index is 4.45. The molecule has 3 heteroatoms. The summed E-state index contributed by atoms with van der Waals surface area (Å²) < 4.78 is 0. The van der Waals surface area contributed by atoms with Crippen molar-refractivity contribution in [3.05, 3.63) is 22.8 Å². The average molecular weight is 180 g/mol. The van der Waals surface area contributed by atoms with E-state index in [-0.39, 0.29) is 0 Å². The normalized spacial score (nSPS) is 15.8. The highest BCUT2D eigenvalue weighted by Crippen LogP contribution is 2.24. The highest BCUT2D eigenvalue weighted by molar-refractivity contribution is 7.98. The van der Waals surface area contributed by atoms with Gasteiger partial charge in [0.15, 0.2) is 0 Å². The number of hydrogen-bond acceptors (Lipinski definition) is 3. The van der Waals surface area contributed by atoms with Crippen molar-refractivity contribution in [2.24, 2.45) is 0 Å². The van der Waals surface area contributed by atoms with Gasteiger partial charge in [-0.2, -0.15) is 11.8 Å². The molecule has 0 aromatic carbocycles. The fourth-order valence-corrected chi connectivity index (χ4v) is 2.61. The van der Waals surface area contributed by atoms with Crippen LogP contribution < -0.4 is 0 Å². The first-order valence-corrected chi connectivity index (χ1v) is 5.33. The number of fused-ring (bicyclic) bond motifs is 1. The van der Waals surface area contributed by atoms with Gasteiger partial charge in [0.25, 0.3) is 0 Å². The zero-order valence-corrected chi connectivity index (χ0v) is 8.24. The molecular formula is C9H12N2S. The molecule has 0 saturated heterocycles. The highest BCUT2D eigenvalue weighted by atomic mass is 32.2. The van der Waals surface area contributed by atoms with Gasteiger partial charge in [-0.1, -0.05) is 0 Å². The molecule has 0 saturated carbocycles. The van der Waals surface area contributed by atoms with E-state index >= 15 is 0 Å². The van der Waals surface area contributed by atoms with Crippen LogP contribution in [0.2, 0.25) is 0 Å². The molecule has 0 aliphatic carbocycles. The van der Waals surface area contributed by atoms with Crippen LogP contribution in [-0.2, 0) is 12.2 Å². The third-order valence-electron chi connectivity index (χ3n) is 2.14. The summed E-state index contributed by atoms with van der Waals surface area (Å²) in [5.41, 5.74) is 3.82. The summed E-state index contributed by atoms with van der Waals surface area (Å²) in [6, 6.07) is 0. The lowest BCUT2D eigenvalue weighted by atomic mass is 10.1. The second kappa shape index (κ2) is 3.05. The van der Waals surface area contributed by atoms with Crippen molar-refractivity contribution >= 4 is 11.8 Å². The molecule has 1 aliphatic rings. The Kier molecular flexibility index (Phi) is 2.05. The summed E-state index contributed by atoms with van der Waals surface area (Å²) in [6.07, 6.45) is 1.12. The smallest absolute Gasteiger partial charge is 0.125 e. The van der Waals surface area contributed by atoms with Gasteiger partial charge in [-0.25, -0.2) is 9.97 Å². The Bertz CT molecular complexity index is 310. The maximum Gasteiger partial charge on any atom is 0.125 e. The summed E-state index contributed by atoms with van der Waals surface area (Å²) >= 11 is 1.98. The van der Waals surface area contributed by atoms with Crippen LogP contribution in [0.4, 0.5) is 0 Å². The number of aromatic nitrogens is 2. The predicted octanol–water partition coefficient (Wildman–Crippen LogP) is 1.88. The van der Waals surface area contributed by atoms with Gasteiger partial charge >= 0.3 is 0 Å². The van der Waals surface area contributed by atoms with Crippen LogP contribution in [0.15, 0.2) is 0 Å². The number of nitrogens with zero attached hydrogens (tertiary/aromatic N) is 2. The molecule has 2 heterocycles. The van der Waals surface area contributed by atoms with E-state index in [1.165, 1.54) is 22.7 Å². The van der Waals surface area contributed by atoms with E-state index in [4.69, 9.17) is 0 Å². The van der Waals surface area contributed by atoms with Crippen LogP contribution in [0.25, 0.3) is 0 Å². The van der Waals surface area contributed by atoms with Gasteiger partial charge in [0, 0.05) is 22.7 Å². The van der Waals surface area contributed by atoms with Crippen LogP contribution in [0.1, 0.15) is 22.8 Å². The van der Waals surface area contributed by atoms with Gasteiger partial charge in [0.2, 0.25) is 0 Å². The largest absolute Gasteiger partial charge is 0.238 e. The molecule has 0 amide bonds. The van der Waals surface area contributed by atoms with Gasteiger partial charge in [-0.15, -0.1) is 0 Å². The lowest BCUT2D eigenvalue weighted by Crippen LogP contribution is -2.10. The Hall–Kier alpha value is -0.570. The van der Waals surface area contributed by atoms with E-state index in [2.05, 4.69) is 16.9 Å². The zero-order chi connectivity index (χ0) is 8.55. The van der Waals surface area contributed by atoms with Crippen LogP contribution in [0, 0.1) is 13.8 Å². The molecule has 64 valence electrons. The summed E-state index contributed by atoms with van der Waals surface area (Å²) in [5, 5.41) is 0. The Morgan fingerprint density at radius 2 is 2.08 bits per heavy atom. The molecule has 0 radical (unpaired) electrons. The minimum absolute atomic E-state index is 0.915. The van der Waals surface area contributed by atoms with Gasteiger partial charge in [0.05, 0.1) is 0 Å². The molecule has 1 aromatic rings. The van der Waals surface area contributed by atoms with Crippen molar-refractivity contribution in [1.82, 2.24) is 9.97 Å². The molecule has 0 fully saturated rings. The Labute approximate surface area is 76.8 Å². The summed E-state index contributed by atoms with van der Waals surface area (Å²) in [4.78, 5) is 8.81. The fraction of sp³-hybridized carbons (Fsp3) is 0.556. The highest BCUT2D eigenvalue weighted by Gasteiger charge is 2.13. The molecular weight excluding hydrogens is 168 g/mol. The molecule has 0 spiro atoms. The second-order valence-electron chi connectivity index (χ2n) is 3.08. The van der Waals surface area contributed by atoms with Crippen LogP contribution >= 0.6 is 11.8 Å². The van der Waals surface area contributed by atoms with Crippen LogP contribution in [0.3, 0.4) is 0 Å². The van der Waals surface area contributed by atoms with Gasteiger partial charge in [0.1, 0.15) is 5.82 Å². The Balaban J connectivity index is 2.53. The minimum Gasteiger partial charge on any atom is -0.238 e. The van der Waals surface area contributed by atoms with Crippen molar-refractivity contribution in [3.8, 4) is 0 Å².